The maximum absolute atomic E-state index is 13.4. The second kappa shape index (κ2) is 7.59. The van der Waals surface area contributed by atoms with Crippen LogP contribution in [-0.4, -0.2) is 35.1 Å². The fraction of sp³-hybridized carbons (Fsp3) is 0.471. The van der Waals surface area contributed by atoms with E-state index >= 15 is 0 Å². The second-order valence-corrected chi connectivity index (χ2v) is 6.27. The summed E-state index contributed by atoms with van der Waals surface area (Å²) in [4.78, 5) is 6.79. The van der Waals surface area contributed by atoms with Crippen LogP contribution in [-0.2, 0) is 6.54 Å². The lowest BCUT2D eigenvalue weighted by molar-refractivity contribution is 0.137. The first kappa shape index (κ1) is 18.8. The fourth-order valence-electron chi connectivity index (χ4n) is 2.89. The molecule has 0 bridgehead atoms. The van der Waals surface area contributed by atoms with Crippen LogP contribution in [0.2, 0.25) is 0 Å². The zero-order chi connectivity index (χ0) is 16.6. The molecule has 1 fully saturated rings. The van der Waals surface area contributed by atoms with Gasteiger partial charge in [0.15, 0.2) is 0 Å². The molecule has 0 spiro atoms. The van der Waals surface area contributed by atoms with E-state index in [4.69, 9.17) is 4.42 Å². The molecule has 0 aliphatic carbocycles. The van der Waals surface area contributed by atoms with Crippen molar-refractivity contribution in [1.82, 2.24) is 15.2 Å². The molecule has 24 heavy (non-hydrogen) atoms. The van der Waals surface area contributed by atoms with Gasteiger partial charge in [0.2, 0.25) is 5.89 Å². The fourth-order valence-corrected chi connectivity index (χ4v) is 2.89. The first-order valence-corrected chi connectivity index (χ1v) is 7.82. The highest BCUT2D eigenvalue weighted by Crippen LogP contribution is 2.25. The van der Waals surface area contributed by atoms with Gasteiger partial charge in [-0.2, -0.15) is 0 Å². The Morgan fingerprint density at radius 3 is 2.58 bits per heavy atom. The Morgan fingerprint density at radius 2 is 1.92 bits per heavy atom. The molecule has 0 radical (unpaired) electrons. The van der Waals surface area contributed by atoms with Gasteiger partial charge in [-0.05, 0) is 32.9 Å². The number of rotatable bonds is 3. The van der Waals surface area contributed by atoms with Gasteiger partial charge in [-0.25, -0.2) is 13.8 Å². The molecule has 1 aromatic carbocycles. The van der Waals surface area contributed by atoms with Crippen molar-refractivity contribution in [2.75, 3.05) is 13.1 Å². The van der Waals surface area contributed by atoms with E-state index in [1.807, 2.05) is 6.92 Å². The van der Waals surface area contributed by atoms with Crippen LogP contribution < -0.4 is 5.32 Å². The predicted octanol–water partition coefficient (Wildman–Crippen LogP) is 3.53. The van der Waals surface area contributed by atoms with Gasteiger partial charge in [0, 0.05) is 43.3 Å². The van der Waals surface area contributed by atoms with Gasteiger partial charge in [-0.15, -0.1) is 12.4 Å². The number of hydrogen-bond acceptors (Lipinski definition) is 4. The van der Waals surface area contributed by atoms with Gasteiger partial charge in [0.05, 0.1) is 5.69 Å². The Bertz CT molecular complexity index is 687. The summed E-state index contributed by atoms with van der Waals surface area (Å²) in [7, 11) is 0. The summed E-state index contributed by atoms with van der Waals surface area (Å²) in [6.45, 7) is 8.67. The lowest BCUT2D eigenvalue weighted by atomic mass is 10.1. The minimum atomic E-state index is -0.637. The third kappa shape index (κ3) is 4.12. The van der Waals surface area contributed by atoms with Crippen molar-refractivity contribution in [3.05, 3.63) is 41.3 Å². The van der Waals surface area contributed by atoms with E-state index in [1.165, 1.54) is 12.1 Å². The predicted molar refractivity (Wildman–Crippen MR) is 91.2 cm³/mol. The van der Waals surface area contributed by atoms with Crippen LogP contribution in [0.25, 0.3) is 11.5 Å². The molecule has 4 nitrogen and oxygen atoms in total. The minimum Gasteiger partial charge on any atom is -0.441 e. The SMILES string of the molecule is Cc1oc(-c2cc(F)cc(F)c2)nc1CN1C[C@@H](C)NC[C@@H]1C.Cl. The van der Waals surface area contributed by atoms with Crippen LogP contribution in [0, 0.1) is 18.6 Å². The summed E-state index contributed by atoms with van der Waals surface area (Å²) in [6.07, 6.45) is 0. The monoisotopic (exact) mass is 357 g/mol. The summed E-state index contributed by atoms with van der Waals surface area (Å²) in [6, 6.07) is 4.12. The van der Waals surface area contributed by atoms with Crippen LogP contribution in [0.15, 0.2) is 22.6 Å². The molecule has 132 valence electrons. The highest BCUT2D eigenvalue weighted by Gasteiger charge is 2.24. The number of benzene rings is 1. The minimum absolute atomic E-state index is 0. The molecule has 1 N–H and O–H groups in total. The molecule has 0 unspecified atom stereocenters. The number of aromatic nitrogens is 1. The van der Waals surface area contributed by atoms with Crippen molar-refractivity contribution >= 4 is 12.4 Å². The van der Waals surface area contributed by atoms with Crippen LogP contribution in [0.4, 0.5) is 8.78 Å². The lowest BCUT2D eigenvalue weighted by Gasteiger charge is -2.37. The standard InChI is InChI=1S/C17H21F2N3O.ClH/c1-10-8-22(11(2)7-20-10)9-16-12(3)23-17(21-16)13-4-14(18)6-15(19)5-13;/h4-6,10-11,20H,7-9H2,1-3H3;1H/t10-,11+;/m1./s1. The van der Waals surface area contributed by atoms with Crippen molar-refractivity contribution in [2.45, 2.75) is 39.4 Å². The Kier molecular flexibility index (Phi) is 5.96. The van der Waals surface area contributed by atoms with Crippen LogP contribution in [0.3, 0.4) is 0 Å². The molecule has 3 rings (SSSR count). The number of nitrogens with one attached hydrogen (secondary N) is 1. The molecule has 1 aliphatic heterocycles. The highest BCUT2D eigenvalue weighted by atomic mass is 35.5. The molecule has 1 aliphatic rings. The van der Waals surface area contributed by atoms with Gasteiger partial charge in [-0.3, -0.25) is 4.90 Å². The summed E-state index contributed by atoms with van der Waals surface area (Å²) in [5.74, 6) is -0.335. The van der Waals surface area contributed by atoms with Crippen molar-refractivity contribution in [3.63, 3.8) is 0 Å². The number of piperazine rings is 1. The molecule has 0 amide bonds. The summed E-state index contributed by atoms with van der Waals surface area (Å²) < 4.78 is 32.4. The highest BCUT2D eigenvalue weighted by molar-refractivity contribution is 5.85. The normalized spacial score (nSPS) is 21.5. The first-order valence-electron chi connectivity index (χ1n) is 7.82. The third-order valence-corrected chi connectivity index (χ3v) is 4.25. The molecule has 2 heterocycles. The molecular weight excluding hydrogens is 336 g/mol. The zero-order valence-corrected chi connectivity index (χ0v) is 14.8. The van der Waals surface area contributed by atoms with E-state index in [0.717, 1.165) is 24.8 Å². The van der Waals surface area contributed by atoms with Crippen molar-refractivity contribution in [1.29, 1.82) is 0 Å². The Morgan fingerprint density at radius 1 is 1.25 bits per heavy atom. The Hall–Kier alpha value is -1.50. The summed E-state index contributed by atoms with van der Waals surface area (Å²) >= 11 is 0. The summed E-state index contributed by atoms with van der Waals surface area (Å²) in [5, 5.41) is 3.44. The van der Waals surface area contributed by atoms with Gasteiger partial charge in [0.1, 0.15) is 17.4 Å². The van der Waals surface area contributed by atoms with E-state index < -0.39 is 11.6 Å². The average molecular weight is 358 g/mol. The van der Waals surface area contributed by atoms with Crippen LogP contribution in [0.5, 0.6) is 0 Å². The summed E-state index contributed by atoms with van der Waals surface area (Å²) in [5.41, 5.74) is 1.13. The first-order chi connectivity index (χ1) is 10.9. The van der Waals surface area contributed by atoms with E-state index in [-0.39, 0.29) is 18.3 Å². The van der Waals surface area contributed by atoms with Gasteiger partial charge >= 0.3 is 0 Å². The molecule has 2 atom stereocenters. The van der Waals surface area contributed by atoms with Gasteiger partial charge in [0.25, 0.3) is 0 Å². The van der Waals surface area contributed by atoms with Gasteiger partial charge in [-0.1, -0.05) is 0 Å². The van der Waals surface area contributed by atoms with Crippen LogP contribution in [0.1, 0.15) is 25.3 Å². The van der Waals surface area contributed by atoms with E-state index in [0.29, 0.717) is 30.0 Å². The average Bonchev–Trinajstić information content (AvgIpc) is 2.83. The molecular formula is C17H22ClF2N3O. The number of hydrogen-bond donors (Lipinski definition) is 1. The lowest BCUT2D eigenvalue weighted by Crippen LogP contribution is -2.53. The number of aryl methyl sites for hydroxylation is 1. The number of nitrogens with zero attached hydrogens (tertiary/aromatic N) is 2. The van der Waals surface area contributed by atoms with E-state index in [1.54, 1.807) is 0 Å². The van der Waals surface area contributed by atoms with Crippen molar-refractivity contribution in [3.8, 4) is 11.5 Å². The quantitative estimate of drug-likeness (QED) is 0.912. The van der Waals surface area contributed by atoms with E-state index in [2.05, 4.69) is 29.0 Å². The molecule has 1 saturated heterocycles. The Balaban J connectivity index is 0.00000208. The topological polar surface area (TPSA) is 41.3 Å². The largest absolute Gasteiger partial charge is 0.441 e. The number of halogens is 3. The molecule has 7 heteroatoms. The molecule has 1 aromatic heterocycles. The third-order valence-electron chi connectivity index (χ3n) is 4.25. The molecule has 0 saturated carbocycles. The molecule has 2 aromatic rings. The zero-order valence-electron chi connectivity index (χ0n) is 14.0. The van der Waals surface area contributed by atoms with Gasteiger partial charge < -0.3 is 9.73 Å². The van der Waals surface area contributed by atoms with Crippen LogP contribution >= 0.6 is 12.4 Å². The van der Waals surface area contributed by atoms with Crippen molar-refractivity contribution < 1.29 is 13.2 Å². The number of oxazole rings is 1. The maximum Gasteiger partial charge on any atom is 0.226 e. The van der Waals surface area contributed by atoms with Crippen molar-refractivity contribution in [2.24, 2.45) is 0 Å². The smallest absolute Gasteiger partial charge is 0.226 e. The Labute approximate surface area is 146 Å². The maximum atomic E-state index is 13.4. The van der Waals surface area contributed by atoms with E-state index in [9.17, 15) is 8.78 Å². The second-order valence-electron chi connectivity index (χ2n) is 6.27.